The van der Waals surface area contributed by atoms with Crippen LogP contribution < -0.4 is 4.74 Å². The third-order valence-electron chi connectivity index (χ3n) is 2.83. The summed E-state index contributed by atoms with van der Waals surface area (Å²) in [5.74, 6) is 0.948. The van der Waals surface area contributed by atoms with E-state index >= 15 is 0 Å². The number of ketones is 1. The topological polar surface area (TPSA) is 32.8 Å². The van der Waals surface area contributed by atoms with Crippen LogP contribution in [-0.2, 0) is 0 Å². The summed E-state index contributed by atoms with van der Waals surface area (Å²) in [5, 5.41) is 0. The standard InChI is InChI=1S/C15H24N2O2/c1-5-19-14-8-6-13(7-9-14)15(18)12-17(4)11-10-16(2)3/h6-9H,5,10-12H2,1-4H3. The Morgan fingerprint density at radius 3 is 2.26 bits per heavy atom. The van der Waals surface area contributed by atoms with Gasteiger partial charge in [0.05, 0.1) is 13.2 Å². The van der Waals surface area contributed by atoms with Gasteiger partial charge in [0.2, 0.25) is 0 Å². The number of ether oxygens (including phenoxy) is 1. The second-order valence-corrected chi connectivity index (χ2v) is 4.92. The molecule has 1 aromatic rings. The number of hydrogen-bond donors (Lipinski definition) is 0. The Labute approximate surface area is 116 Å². The van der Waals surface area contributed by atoms with Gasteiger partial charge in [-0.25, -0.2) is 0 Å². The Balaban J connectivity index is 2.48. The molecule has 0 fully saturated rings. The van der Waals surface area contributed by atoms with Crippen LogP contribution in [0.25, 0.3) is 0 Å². The highest BCUT2D eigenvalue weighted by atomic mass is 16.5. The lowest BCUT2D eigenvalue weighted by molar-refractivity contribution is 0.0942. The molecule has 0 saturated heterocycles. The molecule has 19 heavy (non-hydrogen) atoms. The molecule has 0 bridgehead atoms. The van der Waals surface area contributed by atoms with E-state index in [2.05, 4.69) is 4.90 Å². The Hall–Kier alpha value is -1.39. The molecule has 0 atom stereocenters. The van der Waals surface area contributed by atoms with Crippen molar-refractivity contribution in [1.29, 1.82) is 0 Å². The van der Waals surface area contributed by atoms with Crippen molar-refractivity contribution in [3.8, 4) is 5.75 Å². The van der Waals surface area contributed by atoms with Crippen molar-refractivity contribution < 1.29 is 9.53 Å². The highest BCUT2D eigenvalue weighted by molar-refractivity contribution is 5.97. The Kier molecular flexibility index (Phi) is 6.53. The molecule has 4 heteroatoms. The van der Waals surface area contributed by atoms with E-state index in [1.807, 2.05) is 57.2 Å². The molecule has 0 unspecified atom stereocenters. The molecule has 106 valence electrons. The van der Waals surface area contributed by atoms with Gasteiger partial charge in [0.25, 0.3) is 0 Å². The molecule has 0 aromatic heterocycles. The van der Waals surface area contributed by atoms with E-state index in [9.17, 15) is 4.79 Å². The summed E-state index contributed by atoms with van der Waals surface area (Å²) in [4.78, 5) is 16.2. The van der Waals surface area contributed by atoms with Crippen molar-refractivity contribution >= 4 is 5.78 Å². The van der Waals surface area contributed by atoms with Crippen LogP contribution in [-0.4, -0.2) is 63.0 Å². The fraction of sp³-hybridized carbons (Fsp3) is 0.533. The molecular formula is C15H24N2O2. The largest absolute Gasteiger partial charge is 0.494 e. The average molecular weight is 264 g/mol. The highest BCUT2D eigenvalue weighted by Crippen LogP contribution is 2.12. The number of rotatable bonds is 8. The maximum absolute atomic E-state index is 12.1. The molecule has 0 aliphatic carbocycles. The monoisotopic (exact) mass is 264 g/mol. The normalized spacial score (nSPS) is 11.1. The number of nitrogens with zero attached hydrogens (tertiary/aromatic N) is 2. The molecule has 0 aliphatic rings. The number of carbonyl (C=O) groups excluding carboxylic acids is 1. The number of Topliss-reactive ketones (excluding diaryl/α,β-unsaturated/α-hetero) is 1. The van der Waals surface area contributed by atoms with Gasteiger partial charge in [-0.1, -0.05) is 0 Å². The minimum absolute atomic E-state index is 0.143. The van der Waals surface area contributed by atoms with Crippen LogP contribution in [0.3, 0.4) is 0 Å². The zero-order chi connectivity index (χ0) is 14.3. The van der Waals surface area contributed by atoms with E-state index in [1.165, 1.54) is 0 Å². The van der Waals surface area contributed by atoms with Crippen LogP contribution >= 0.6 is 0 Å². The molecule has 1 rings (SSSR count). The van der Waals surface area contributed by atoms with Gasteiger partial charge in [-0.2, -0.15) is 0 Å². The summed E-state index contributed by atoms with van der Waals surface area (Å²) < 4.78 is 5.36. The van der Waals surface area contributed by atoms with Crippen molar-refractivity contribution in [2.45, 2.75) is 6.92 Å². The number of benzene rings is 1. The molecule has 4 nitrogen and oxygen atoms in total. The first-order valence-corrected chi connectivity index (χ1v) is 6.62. The van der Waals surface area contributed by atoms with Crippen LogP contribution in [0.4, 0.5) is 0 Å². The molecule has 0 saturated carbocycles. The molecule has 0 heterocycles. The summed E-state index contributed by atoms with van der Waals surface area (Å²) in [6.07, 6.45) is 0. The minimum Gasteiger partial charge on any atom is -0.494 e. The van der Waals surface area contributed by atoms with Gasteiger partial charge < -0.3 is 9.64 Å². The summed E-state index contributed by atoms with van der Waals surface area (Å²) in [6, 6.07) is 7.34. The summed E-state index contributed by atoms with van der Waals surface area (Å²) in [7, 11) is 6.03. The first kappa shape index (κ1) is 15.7. The van der Waals surface area contributed by atoms with E-state index in [0.717, 1.165) is 24.4 Å². The predicted molar refractivity (Wildman–Crippen MR) is 78.0 cm³/mol. The van der Waals surface area contributed by atoms with Crippen LogP contribution in [0.2, 0.25) is 0 Å². The van der Waals surface area contributed by atoms with Crippen LogP contribution in [0.15, 0.2) is 24.3 Å². The summed E-state index contributed by atoms with van der Waals surface area (Å²) in [6.45, 7) is 4.87. The fourth-order valence-corrected chi connectivity index (χ4v) is 1.69. The van der Waals surface area contributed by atoms with Crippen LogP contribution in [0, 0.1) is 0 Å². The lowest BCUT2D eigenvalue weighted by Crippen LogP contribution is -2.32. The van der Waals surface area contributed by atoms with Crippen LogP contribution in [0.1, 0.15) is 17.3 Å². The number of likely N-dealkylation sites (N-methyl/N-ethyl adjacent to an activating group) is 2. The van der Waals surface area contributed by atoms with Crippen molar-refractivity contribution in [2.75, 3.05) is 47.4 Å². The fourth-order valence-electron chi connectivity index (χ4n) is 1.69. The van der Waals surface area contributed by atoms with Gasteiger partial charge in [-0.3, -0.25) is 9.69 Å². The Bertz CT molecular complexity index is 388. The lowest BCUT2D eigenvalue weighted by Gasteiger charge is -2.18. The van der Waals surface area contributed by atoms with E-state index in [1.54, 1.807) is 0 Å². The van der Waals surface area contributed by atoms with E-state index in [0.29, 0.717) is 13.2 Å². The van der Waals surface area contributed by atoms with Gasteiger partial charge in [-0.05, 0) is 52.3 Å². The first-order valence-electron chi connectivity index (χ1n) is 6.62. The molecule has 0 amide bonds. The van der Waals surface area contributed by atoms with Crippen LogP contribution in [0.5, 0.6) is 5.75 Å². The lowest BCUT2D eigenvalue weighted by atomic mass is 10.1. The van der Waals surface area contributed by atoms with Crippen molar-refractivity contribution in [3.63, 3.8) is 0 Å². The molecule has 0 radical (unpaired) electrons. The van der Waals surface area contributed by atoms with Gasteiger partial charge >= 0.3 is 0 Å². The molecule has 0 spiro atoms. The zero-order valence-corrected chi connectivity index (χ0v) is 12.3. The van der Waals surface area contributed by atoms with Gasteiger partial charge in [0, 0.05) is 18.7 Å². The molecule has 1 aromatic carbocycles. The molecule has 0 N–H and O–H groups in total. The third kappa shape index (κ3) is 5.85. The van der Waals surface area contributed by atoms with Gasteiger partial charge in [0.1, 0.15) is 5.75 Å². The molecule has 0 aliphatic heterocycles. The number of hydrogen-bond acceptors (Lipinski definition) is 4. The average Bonchev–Trinajstić information content (AvgIpc) is 2.37. The Morgan fingerprint density at radius 2 is 1.74 bits per heavy atom. The van der Waals surface area contributed by atoms with Crippen molar-refractivity contribution in [3.05, 3.63) is 29.8 Å². The first-order chi connectivity index (χ1) is 9.02. The number of carbonyl (C=O) groups is 1. The molecular weight excluding hydrogens is 240 g/mol. The SMILES string of the molecule is CCOc1ccc(C(=O)CN(C)CCN(C)C)cc1. The third-order valence-corrected chi connectivity index (χ3v) is 2.83. The van der Waals surface area contributed by atoms with Gasteiger partial charge in [-0.15, -0.1) is 0 Å². The second-order valence-electron chi connectivity index (χ2n) is 4.92. The van der Waals surface area contributed by atoms with E-state index < -0.39 is 0 Å². The zero-order valence-electron chi connectivity index (χ0n) is 12.3. The summed E-state index contributed by atoms with van der Waals surface area (Å²) >= 11 is 0. The minimum atomic E-state index is 0.143. The predicted octanol–water partition coefficient (Wildman–Crippen LogP) is 1.76. The highest BCUT2D eigenvalue weighted by Gasteiger charge is 2.09. The quantitative estimate of drug-likeness (QED) is 0.670. The van der Waals surface area contributed by atoms with E-state index in [-0.39, 0.29) is 5.78 Å². The smallest absolute Gasteiger partial charge is 0.176 e. The van der Waals surface area contributed by atoms with Gasteiger partial charge in [0.15, 0.2) is 5.78 Å². The second kappa shape index (κ2) is 7.92. The summed E-state index contributed by atoms with van der Waals surface area (Å²) in [5.41, 5.74) is 0.736. The van der Waals surface area contributed by atoms with Crippen molar-refractivity contribution in [1.82, 2.24) is 9.80 Å². The maximum atomic E-state index is 12.1. The van der Waals surface area contributed by atoms with E-state index in [4.69, 9.17) is 4.74 Å². The Morgan fingerprint density at radius 1 is 1.11 bits per heavy atom. The van der Waals surface area contributed by atoms with Crippen molar-refractivity contribution in [2.24, 2.45) is 0 Å². The maximum Gasteiger partial charge on any atom is 0.176 e.